The summed E-state index contributed by atoms with van der Waals surface area (Å²) in [5, 5.41) is 0.648. The average molecular weight is 335 g/mol. The maximum atomic E-state index is 11.5. The summed E-state index contributed by atoms with van der Waals surface area (Å²) in [6.07, 6.45) is 0. The van der Waals surface area contributed by atoms with Crippen molar-refractivity contribution in [2.45, 2.75) is 20.4 Å². The molecule has 6 heteroatoms. The van der Waals surface area contributed by atoms with E-state index in [-0.39, 0.29) is 23.8 Å². The second kappa shape index (κ2) is 8.59. The van der Waals surface area contributed by atoms with Crippen LogP contribution < -0.4 is 5.73 Å². The maximum Gasteiger partial charge on any atom is 0.337 e. The predicted molar refractivity (Wildman–Crippen MR) is 89.2 cm³/mol. The third-order valence-electron chi connectivity index (χ3n) is 3.16. The van der Waals surface area contributed by atoms with Crippen LogP contribution in [-0.4, -0.2) is 38.1 Å². The van der Waals surface area contributed by atoms with Crippen LogP contribution in [0.25, 0.3) is 0 Å². The van der Waals surface area contributed by atoms with Crippen LogP contribution in [0.15, 0.2) is 18.2 Å². The first-order chi connectivity index (χ1) is 9.29. The monoisotopic (exact) mass is 334 g/mol. The van der Waals surface area contributed by atoms with Crippen molar-refractivity contribution in [1.29, 1.82) is 0 Å². The van der Waals surface area contributed by atoms with Crippen molar-refractivity contribution in [3.8, 4) is 0 Å². The van der Waals surface area contributed by atoms with Gasteiger partial charge in [-0.05, 0) is 42.8 Å². The number of hydrogen-bond acceptors (Lipinski definition) is 4. The Hall–Kier alpha value is -0.810. The van der Waals surface area contributed by atoms with Gasteiger partial charge in [-0.3, -0.25) is 0 Å². The molecule has 4 nitrogen and oxygen atoms in total. The molecular weight excluding hydrogens is 311 g/mol. The van der Waals surface area contributed by atoms with Gasteiger partial charge < -0.3 is 15.4 Å². The molecule has 0 bridgehead atoms. The minimum atomic E-state index is -0.354. The molecule has 0 fully saturated rings. The lowest BCUT2D eigenvalue weighted by Gasteiger charge is -2.29. The highest BCUT2D eigenvalue weighted by atomic mass is 35.5. The van der Waals surface area contributed by atoms with Gasteiger partial charge in [-0.25, -0.2) is 4.79 Å². The van der Waals surface area contributed by atoms with Crippen LogP contribution in [0.3, 0.4) is 0 Å². The topological polar surface area (TPSA) is 55.6 Å². The van der Waals surface area contributed by atoms with E-state index in [1.165, 1.54) is 7.11 Å². The Morgan fingerprint density at radius 1 is 1.43 bits per heavy atom. The fourth-order valence-electron chi connectivity index (χ4n) is 2.08. The Bertz CT molecular complexity index is 479. The lowest BCUT2D eigenvalue weighted by Crippen LogP contribution is -2.36. The number of nitrogens with two attached hydrogens (primary N) is 1. The van der Waals surface area contributed by atoms with Gasteiger partial charge in [0.2, 0.25) is 0 Å². The first kappa shape index (κ1) is 20.2. The second-order valence-electron chi connectivity index (χ2n) is 5.84. The van der Waals surface area contributed by atoms with Gasteiger partial charge in [0.1, 0.15) is 0 Å². The predicted octanol–water partition coefficient (Wildman–Crippen LogP) is 2.97. The molecule has 120 valence electrons. The Morgan fingerprint density at radius 2 is 2.05 bits per heavy atom. The molecule has 0 unspecified atom stereocenters. The molecule has 0 saturated carbocycles. The molecule has 1 aromatic rings. The Labute approximate surface area is 138 Å². The summed E-state index contributed by atoms with van der Waals surface area (Å²) in [5.74, 6) is -0.354. The van der Waals surface area contributed by atoms with Crippen LogP contribution in [0.2, 0.25) is 5.02 Å². The molecule has 2 N–H and O–H groups in total. The summed E-state index contributed by atoms with van der Waals surface area (Å²) in [5.41, 5.74) is 7.21. The Kier molecular flexibility index (Phi) is 8.26. The molecule has 0 aromatic heterocycles. The summed E-state index contributed by atoms with van der Waals surface area (Å²) in [7, 11) is 3.38. The van der Waals surface area contributed by atoms with E-state index >= 15 is 0 Å². The minimum Gasteiger partial charge on any atom is -0.465 e. The van der Waals surface area contributed by atoms with Gasteiger partial charge in [-0.1, -0.05) is 25.4 Å². The molecular formula is C15H24Cl2N2O2. The molecule has 0 atom stereocenters. The van der Waals surface area contributed by atoms with Gasteiger partial charge in [0.15, 0.2) is 0 Å². The van der Waals surface area contributed by atoms with E-state index in [0.717, 1.165) is 12.1 Å². The molecule has 21 heavy (non-hydrogen) atoms. The fourth-order valence-corrected chi connectivity index (χ4v) is 2.26. The highest BCUT2D eigenvalue weighted by Crippen LogP contribution is 2.21. The Balaban J connectivity index is 0.00000400. The summed E-state index contributed by atoms with van der Waals surface area (Å²) in [6, 6.07) is 5.17. The van der Waals surface area contributed by atoms with Gasteiger partial charge in [0.25, 0.3) is 0 Å². The highest BCUT2D eigenvalue weighted by molar-refractivity contribution is 6.31. The van der Waals surface area contributed by atoms with Gasteiger partial charge in [-0.15, -0.1) is 12.4 Å². The van der Waals surface area contributed by atoms with Crippen molar-refractivity contribution in [3.63, 3.8) is 0 Å². The number of ether oxygens (including phenoxy) is 1. The molecule has 0 radical (unpaired) electrons. The van der Waals surface area contributed by atoms with Gasteiger partial charge in [0, 0.05) is 18.1 Å². The number of carbonyl (C=O) groups is 1. The van der Waals surface area contributed by atoms with Crippen molar-refractivity contribution in [2.24, 2.45) is 11.1 Å². The highest BCUT2D eigenvalue weighted by Gasteiger charge is 2.19. The molecule has 0 spiro atoms. The second-order valence-corrected chi connectivity index (χ2v) is 6.25. The Morgan fingerprint density at radius 3 is 2.57 bits per heavy atom. The maximum absolute atomic E-state index is 11.5. The van der Waals surface area contributed by atoms with Crippen LogP contribution in [0.1, 0.15) is 29.8 Å². The van der Waals surface area contributed by atoms with Gasteiger partial charge in [-0.2, -0.15) is 0 Å². The molecule has 0 saturated heterocycles. The quantitative estimate of drug-likeness (QED) is 0.812. The number of nitrogens with zero attached hydrogens (tertiary/aromatic N) is 1. The zero-order valence-electron chi connectivity index (χ0n) is 13.0. The number of rotatable bonds is 6. The summed E-state index contributed by atoms with van der Waals surface area (Å²) < 4.78 is 4.72. The molecule has 1 aromatic carbocycles. The normalized spacial score (nSPS) is 11.2. The number of benzene rings is 1. The van der Waals surface area contributed by atoms with Crippen LogP contribution >= 0.6 is 24.0 Å². The number of halogens is 2. The van der Waals surface area contributed by atoms with E-state index in [1.807, 2.05) is 7.05 Å². The summed E-state index contributed by atoms with van der Waals surface area (Å²) in [4.78, 5) is 13.7. The zero-order chi connectivity index (χ0) is 15.3. The van der Waals surface area contributed by atoms with Crippen molar-refractivity contribution < 1.29 is 9.53 Å². The van der Waals surface area contributed by atoms with Crippen LogP contribution in [0.4, 0.5) is 0 Å². The van der Waals surface area contributed by atoms with Gasteiger partial charge in [0.05, 0.1) is 12.7 Å². The first-order valence-electron chi connectivity index (χ1n) is 6.54. The van der Waals surface area contributed by atoms with E-state index in [2.05, 4.69) is 18.7 Å². The van der Waals surface area contributed by atoms with E-state index in [4.69, 9.17) is 22.1 Å². The van der Waals surface area contributed by atoms with E-state index in [0.29, 0.717) is 23.7 Å². The molecule has 0 aliphatic rings. The lowest BCUT2D eigenvalue weighted by molar-refractivity contribution is 0.0600. The van der Waals surface area contributed by atoms with Crippen molar-refractivity contribution in [1.82, 2.24) is 4.90 Å². The standard InChI is InChI=1S/C15H23ClN2O2.ClH/c1-15(2,9-17)10-18(3)8-12-7-11(14(19)20-4)5-6-13(12)16;/h5-7H,8-10,17H2,1-4H3;1H. The molecule has 0 aliphatic heterocycles. The number of esters is 1. The average Bonchev–Trinajstić information content (AvgIpc) is 2.39. The van der Waals surface area contributed by atoms with E-state index in [9.17, 15) is 4.79 Å². The van der Waals surface area contributed by atoms with Crippen LogP contribution in [0, 0.1) is 5.41 Å². The summed E-state index contributed by atoms with van der Waals surface area (Å²) in [6.45, 7) is 6.37. The van der Waals surface area contributed by atoms with Crippen molar-refractivity contribution in [3.05, 3.63) is 34.3 Å². The smallest absolute Gasteiger partial charge is 0.337 e. The molecule has 0 aliphatic carbocycles. The van der Waals surface area contributed by atoms with Crippen molar-refractivity contribution in [2.75, 3.05) is 27.2 Å². The molecule has 0 amide bonds. The van der Waals surface area contributed by atoms with Crippen LogP contribution in [0.5, 0.6) is 0 Å². The molecule has 0 heterocycles. The molecule has 1 rings (SSSR count). The number of hydrogen-bond donors (Lipinski definition) is 1. The fraction of sp³-hybridized carbons (Fsp3) is 0.533. The third kappa shape index (κ3) is 6.22. The largest absolute Gasteiger partial charge is 0.465 e. The van der Waals surface area contributed by atoms with Crippen molar-refractivity contribution >= 4 is 30.0 Å². The van der Waals surface area contributed by atoms with Gasteiger partial charge >= 0.3 is 5.97 Å². The van der Waals surface area contributed by atoms with E-state index in [1.54, 1.807) is 18.2 Å². The number of carbonyl (C=O) groups excluding carboxylic acids is 1. The lowest BCUT2D eigenvalue weighted by atomic mass is 9.93. The van der Waals surface area contributed by atoms with Crippen LogP contribution in [-0.2, 0) is 11.3 Å². The third-order valence-corrected chi connectivity index (χ3v) is 3.53. The summed E-state index contributed by atoms with van der Waals surface area (Å²) >= 11 is 6.19. The first-order valence-corrected chi connectivity index (χ1v) is 6.92. The minimum absolute atomic E-state index is 0. The van der Waals surface area contributed by atoms with E-state index < -0.39 is 0 Å². The number of methoxy groups -OCH3 is 1. The SMILES string of the molecule is COC(=O)c1ccc(Cl)c(CN(C)CC(C)(C)CN)c1.Cl. The zero-order valence-corrected chi connectivity index (χ0v) is 14.6.